The quantitative estimate of drug-likeness (QED) is 0.231. The van der Waals surface area contributed by atoms with E-state index in [4.69, 9.17) is 4.99 Å². The lowest BCUT2D eigenvalue weighted by atomic mass is 9.67. The van der Waals surface area contributed by atoms with E-state index in [0.717, 1.165) is 43.4 Å². The van der Waals surface area contributed by atoms with E-state index in [-0.39, 0.29) is 40.5 Å². The summed E-state index contributed by atoms with van der Waals surface area (Å²) in [7, 11) is 0. The minimum absolute atomic E-state index is 0.0445. The Bertz CT molecular complexity index is 1620. The van der Waals surface area contributed by atoms with E-state index in [1.165, 1.54) is 6.07 Å². The predicted molar refractivity (Wildman–Crippen MR) is 177 cm³/mol. The molecule has 1 aliphatic heterocycles. The van der Waals surface area contributed by atoms with Crippen molar-refractivity contribution in [1.29, 1.82) is 0 Å². The Labute approximate surface area is 280 Å². The van der Waals surface area contributed by atoms with Crippen LogP contribution in [0.15, 0.2) is 53.5 Å². The highest BCUT2D eigenvalue weighted by Gasteiger charge is 2.53. The smallest absolute Gasteiger partial charge is 0.345 e. The molecule has 2 amide bonds. The molecule has 1 aliphatic carbocycles. The Kier molecular flexibility index (Phi) is 9.86. The van der Waals surface area contributed by atoms with Crippen LogP contribution in [0, 0.1) is 16.7 Å². The molecule has 5 rings (SSSR count). The highest BCUT2D eigenvalue weighted by Crippen LogP contribution is 2.51. The third-order valence-electron chi connectivity index (χ3n) is 10.3. The molecule has 48 heavy (non-hydrogen) atoms. The maximum atomic E-state index is 14.6. The lowest BCUT2D eigenvalue weighted by Gasteiger charge is -2.48. The number of tetrazole rings is 1. The number of nitrogens with one attached hydrogen (secondary N) is 2. The standard InChI is InChI=1S/C36H46F3N7O2/c1-7-34(5,6)26-15-19-35(20-16-26)41-30(25-9-8-10-27(21-25)36(37,38)39)32(48)46(35)28(17-18-33(2,3)4)23-11-13-24(14-12-23)31(47)40-22-29-42-44-45-43-29/h8-14,21,26,28H,7,15-20,22H2,1-6H3,(H,40,47)(H,42,43,44,45)/t26?,28-,35?/m1/s1. The monoisotopic (exact) mass is 665 g/mol. The van der Waals surface area contributed by atoms with E-state index < -0.39 is 23.4 Å². The molecule has 9 nitrogen and oxygen atoms in total. The van der Waals surface area contributed by atoms with Gasteiger partial charge >= 0.3 is 6.18 Å². The second kappa shape index (κ2) is 13.4. The highest BCUT2D eigenvalue weighted by atomic mass is 19.4. The van der Waals surface area contributed by atoms with Crippen LogP contribution in [0.5, 0.6) is 0 Å². The van der Waals surface area contributed by atoms with Gasteiger partial charge in [0.2, 0.25) is 0 Å². The van der Waals surface area contributed by atoms with Crippen LogP contribution >= 0.6 is 0 Å². The van der Waals surface area contributed by atoms with Crippen molar-refractivity contribution >= 4 is 17.5 Å². The number of benzene rings is 2. The number of halogens is 3. The number of aliphatic imine (C=N–C) groups is 1. The Morgan fingerprint density at radius 2 is 1.75 bits per heavy atom. The van der Waals surface area contributed by atoms with Crippen LogP contribution in [-0.4, -0.2) is 48.7 Å². The van der Waals surface area contributed by atoms with Crippen molar-refractivity contribution in [2.24, 2.45) is 21.7 Å². The van der Waals surface area contributed by atoms with Gasteiger partial charge in [-0.25, -0.2) is 5.10 Å². The number of aromatic amines is 1. The molecule has 2 N–H and O–H groups in total. The fourth-order valence-corrected chi connectivity index (χ4v) is 6.97. The minimum Gasteiger partial charge on any atom is -0.345 e. The maximum Gasteiger partial charge on any atom is 0.416 e. The number of nitrogens with zero attached hydrogens (tertiary/aromatic N) is 5. The Balaban J connectivity index is 1.52. The lowest BCUT2D eigenvalue weighted by Crippen LogP contribution is -2.51. The molecule has 2 heterocycles. The molecule has 0 radical (unpaired) electrons. The summed E-state index contributed by atoms with van der Waals surface area (Å²) in [6.45, 7) is 13.3. The SMILES string of the molecule is CCC(C)(C)C1CCC2(CC1)N=C(c1cccc(C(F)(F)F)c1)C(=O)N2[C@H](CCC(C)(C)C)c1ccc(C(=O)NCc2nnn[nH]2)cc1. The number of carbonyl (C=O) groups is 2. The molecule has 3 aromatic rings. The molecule has 1 saturated carbocycles. The second-order valence-electron chi connectivity index (χ2n) is 15.1. The second-order valence-corrected chi connectivity index (χ2v) is 15.1. The van der Waals surface area contributed by atoms with Crippen molar-refractivity contribution in [2.45, 2.75) is 111 Å². The summed E-state index contributed by atoms with van der Waals surface area (Å²) in [5.74, 6) is 0.207. The molecule has 2 aliphatic rings. The Morgan fingerprint density at radius 3 is 2.33 bits per heavy atom. The number of hydrogen-bond acceptors (Lipinski definition) is 6. The first-order valence-electron chi connectivity index (χ1n) is 16.7. The topological polar surface area (TPSA) is 116 Å². The molecule has 0 saturated heterocycles. The zero-order valence-electron chi connectivity index (χ0n) is 28.6. The summed E-state index contributed by atoms with van der Waals surface area (Å²) >= 11 is 0. The summed E-state index contributed by atoms with van der Waals surface area (Å²) < 4.78 is 41.3. The van der Waals surface area contributed by atoms with Crippen LogP contribution in [0.25, 0.3) is 0 Å². The molecule has 0 unspecified atom stereocenters. The average Bonchev–Trinajstić information content (AvgIpc) is 3.66. The molecule has 1 fully saturated rings. The van der Waals surface area contributed by atoms with Crippen LogP contribution in [0.1, 0.15) is 125 Å². The minimum atomic E-state index is -4.55. The number of hydrogen-bond donors (Lipinski definition) is 2. The molecule has 12 heteroatoms. The number of aromatic nitrogens is 4. The molecule has 0 bridgehead atoms. The normalized spacial score (nSPS) is 21.0. The van der Waals surface area contributed by atoms with Gasteiger partial charge in [-0.3, -0.25) is 14.6 Å². The van der Waals surface area contributed by atoms with E-state index in [9.17, 15) is 22.8 Å². The van der Waals surface area contributed by atoms with Crippen LogP contribution in [0.3, 0.4) is 0 Å². The van der Waals surface area contributed by atoms with Crippen LogP contribution in [0.2, 0.25) is 0 Å². The first-order valence-corrected chi connectivity index (χ1v) is 16.7. The van der Waals surface area contributed by atoms with Crippen molar-refractivity contribution in [2.75, 3.05) is 0 Å². The zero-order chi connectivity index (χ0) is 34.9. The third kappa shape index (κ3) is 7.63. The molecule has 2 aromatic carbocycles. The van der Waals surface area contributed by atoms with E-state index in [2.05, 4.69) is 67.5 Å². The van der Waals surface area contributed by atoms with Gasteiger partial charge in [0, 0.05) is 11.1 Å². The van der Waals surface area contributed by atoms with Gasteiger partial charge in [-0.05, 0) is 95.5 Å². The maximum absolute atomic E-state index is 14.6. The van der Waals surface area contributed by atoms with Crippen molar-refractivity contribution in [1.82, 2.24) is 30.8 Å². The van der Waals surface area contributed by atoms with Crippen molar-refractivity contribution < 1.29 is 22.8 Å². The fraction of sp³-hybridized carbons (Fsp3) is 0.556. The van der Waals surface area contributed by atoms with Crippen LogP contribution in [0.4, 0.5) is 13.2 Å². The summed E-state index contributed by atoms with van der Waals surface area (Å²) in [4.78, 5) is 34.5. The van der Waals surface area contributed by atoms with Crippen molar-refractivity contribution in [3.05, 3.63) is 76.6 Å². The number of carbonyl (C=O) groups excluding carboxylic acids is 2. The summed E-state index contributed by atoms with van der Waals surface area (Å²) in [5.41, 5.74) is -0.0829. The summed E-state index contributed by atoms with van der Waals surface area (Å²) in [5, 5.41) is 16.2. The molecule has 1 spiro atoms. The summed E-state index contributed by atoms with van der Waals surface area (Å²) in [6.07, 6.45) is 0.845. The largest absolute Gasteiger partial charge is 0.416 e. The van der Waals surface area contributed by atoms with Crippen LogP contribution < -0.4 is 5.32 Å². The van der Waals surface area contributed by atoms with Gasteiger partial charge in [0.1, 0.15) is 11.4 Å². The number of H-pyrrole nitrogens is 1. The molecule has 1 atom stereocenters. The van der Waals surface area contributed by atoms with Gasteiger partial charge in [0.25, 0.3) is 11.8 Å². The average molecular weight is 666 g/mol. The van der Waals surface area contributed by atoms with Gasteiger partial charge < -0.3 is 10.2 Å². The van der Waals surface area contributed by atoms with Crippen LogP contribution in [-0.2, 0) is 17.5 Å². The molecular weight excluding hydrogens is 619 g/mol. The van der Waals surface area contributed by atoms with Crippen molar-refractivity contribution in [3.63, 3.8) is 0 Å². The highest BCUT2D eigenvalue weighted by molar-refractivity contribution is 6.46. The van der Waals surface area contributed by atoms with Gasteiger partial charge in [-0.1, -0.05) is 72.2 Å². The molecular formula is C36H46F3N7O2. The Morgan fingerprint density at radius 1 is 1.06 bits per heavy atom. The molecule has 1 aromatic heterocycles. The number of amides is 2. The molecule has 258 valence electrons. The van der Waals surface area contributed by atoms with Gasteiger partial charge in [-0.15, -0.1) is 5.10 Å². The van der Waals surface area contributed by atoms with E-state index in [0.29, 0.717) is 36.6 Å². The van der Waals surface area contributed by atoms with Gasteiger partial charge in [-0.2, -0.15) is 13.2 Å². The third-order valence-corrected chi connectivity index (χ3v) is 10.3. The van der Waals surface area contributed by atoms with Gasteiger partial charge in [0.05, 0.1) is 18.2 Å². The van der Waals surface area contributed by atoms with Gasteiger partial charge in [0.15, 0.2) is 5.82 Å². The first-order chi connectivity index (χ1) is 22.5. The predicted octanol–water partition coefficient (Wildman–Crippen LogP) is 7.67. The fourth-order valence-electron chi connectivity index (χ4n) is 6.97. The van der Waals surface area contributed by atoms with E-state index in [1.807, 2.05) is 17.0 Å². The first kappa shape index (κ1) is 35.2. The Hall–Kier alpha value is -4.09. The van der Waals surface area contributed by atoms with Crippen molar-refractivity contribution in [3.8, 4) is 0 Å². The number of alkyl halides is 3. The van der Waals surface area contributed by atoms with E-state index in [1.54, 1.807) is 18.2 Å². The number of rotatable bonds is 10. The summed E-state index contributed by atoms with van der Waals surface area (Å²) in [6, 6.07) is 11.7. The zero-order valence-corrected chi connectivity index (χ0v) is 28.6. The van der Waals surface area contributed by atoms with E-state index >= 15 is 0 Å². The lowest BCUT2D eigenvalue weighted by molar-refractivity contribution is -0.138.